The zero-order valence-corrected chi connectivity index (χ0v) is 8.84. The van der Waals surface area contributed by atoms with Crippen molar-refractivity contribution in [1.29, 1.82) is 0 Å². The average Bonchev–Trinajstić information content (AvgIpc) is 2.02. The van der Waals surface area contributed by atoms with E-state index in [4.69, 9.17) is 9.05 Å². The molecule has 0 aliphatic heterocycles. The molecule has 0 unspecified atom stereocenters. The molecule has 0 fully saturated rings. The lowest BCUT2D eigenvalue weighted by atomic mass is 10.5. The zero-order valence-electron chi connectivity index (χ0n) is 7.95. The standard InChI is InChI=1S/C8H17O3P/c1-4-7-8-12(9,10-5-2)11-6-3/h7-8H,4-6H2,1-3H3/b8-7-. The lowest BCUT2D eigenvalue weighted by Crippen LogP contribution is -1.92. The average molecular weight is 192 g/mol. The van der Waals surface area contributed by atoms with Crippen LogP contribution in [0.15, 0.2) is 11.9 Å². The molecule has 12 heavy (non-hydrogen) atoms. The molecule has 72 valence electrons. The van der Waals surface area contributed by atoms with E-state index in [1.807, 2.05) is 6.92 Å². The minimum Gasteiger partial charge on any atom is -0.306 e. The molecule has 0 atom stereocenters. The van der Waals surface area contributed by atoms with Crippen molar-refractivity contribution in [2.45, 2.75) is 27.2 Å². The van der Waals surface area contributed by atoms with Gasteiger partial charge in [0, 0.05) is 5.82 Å². The number of rotatable bonds is 6. The second-order valence-corrected chi connectivity index (χ2v) is 4.06. The summed E-state index contributed by atoms with van der Waals surface area (Å²) in [6, 6.07) is 0. The van der Waals surface area contributed by atoms with E-state index in [2.05, 4.69) is 0 Å². The molecular formula is C8H17O3P. The second-order valence-electron chi connectivity index (χ2n) is 2.17. The van der Waals surface area contributed by atoms with Crippen molar-refractivity contribution in [3.05, 3.63) is 11.9 Å². The normalized spacial score (nSPS) is 12.6. The molecule has 0 saturated carbocycles. The molecule has 3 nitrogen and oxygen atoms in total. The van der Waals surface area contributed by atoms with Crippen LogP contribution in [0, 0.1) is 0 Å². The van der Waals surface area contributed by atoms with Crippen molar-refractivity contribution in [3.8, 4) is 0 Å². The second kappa shape index (κ2) is 6.41. The molecule has 0 aromatic heterocycles. The van der Waals surface area contributed by atoms with Crippen molar-refractivity contribution in [2.75, 3.05) is 13.2 Å². The Kier molecular flexibility index (Phi) is 6.35. The summed E-state index contributed by atoms with van der Waals surface area (Å²) < 4.78 is 21.7. The Bertz CT molecular complexity index is 167. The molecule has 0 bridgehead atoms. The van der Waals surface area contributed by atoms with Crippen LogP contribution in [-0.2, 0) is 13.6 Å². The first-order valence-corrected chi connectivity index (χ1v) is 5.86. The van der Waals surface area contributed by atoms with Crippen molar-refractivity contribution in [2.24, 2.45) is 0 Å². The van der Waals surface area contributed by atoms with E-state index in [-0.39, 0.29) is 0 Å². The monoisotopic (exact) mass is 192 g/mol. The lowest BCUT2D eigenvalue weighted by molar-refractivity contribution is 0.229. The predicted molar refractivity (Wildman–Crippen MR) is 50.3 cm³/mol. The summed E-state index contributed by atoms with van der Waals surface area (Å²) in [5.41, 5.74) is 0. The molecule has 4 heteroatoms. The van der Waals surface area contributed by atoms with Gasteiger partial charge in [0.05, 0.1) is 13.2 Å². The third kappa shape index (κ3) is 4.70. The smallest absolute Gasteiger partial charge is 0.306 e. The first-order valence-electron chi connectivity index (χ1n) is 4.25. The summed E-state index contributed by atoms with van der Waals surface area (Å²) in [5.74, 6) is 1.53. The van der Waals surface area contributed by atoms with Gasteiger partial charge in [-0.1, -0.05) is 13.0 Å². The fraction of sp³-hybridized carbons (Fsp3) is 0.750. The highest BCUT2D eigenvalue weighted by molar-refractivity contribution is 7.57. The van der Waals surface area contributed by atoms with Gasteiger partial charge in [-0.15, -0.1) is 0 Å². The Balaban J connectivity index is 4.18. The van der Waals surface area contributed by atoms with Gasteiger partial charge in [-0.25, -0.2) is 0 Å². The third-order valence-electron chi connectivity index (χ3n) is 1.14. The minimum absolute atomic E-state index is 0.408. The topological polar surface area (TPSA) is 35.5 Å². The molecular weight excluding hydrogens is 175 g/mol. The van der Waals surface area contributed by atoms with E-state index in [0.29, 0.717) is 13.2 Å². The maximum absolute atomic E-state index is 11.6. The van der Waals surface area contributed by atoms with Gasteiger partial charge in [-0.2, -0.15) is 0 Å². The Morgan fingerprint density at radius 2 is 1.67 bits per heavy atom. The molecule has 0 aliphatic carbocycles. The number of allylic oxidation sites excluding steroid dienone is 1. The molecule has 0 amide bonds. The van der Waals surface area contributed by atoms with Crippen LogP contribution in [0.3, 0.4) is 0 Å². The van der Waals surface area contributed by atoms with Crippen LogP contribution >= 0.6 is 7.60 Å². The van der Waals surface area contributed by atoms with Crippen LogP contribution in [0.2, 0.25) is 0 Å². The molecule has 0 heterocycles. The molecule has 0 spiro atoms. The van der Waals surface area contributed by atoms with Gasteiger partial charge >= 0.3 is 7.60 Å². The van der Waals surface area contributed by atoms with Crippen molar-refractivity contribution < 1.29 is 13.6 Å². The summed E-state index contributed by atoms with van der Waals surface area (Å²) in [5, 5.41) is 0. The van der Waals surface area contributed by atoms with Crippen LogP contribution in [-0.4, -0.2) is 13.2 Å². The maximum atomic E-state index is 11.6. The quantitative estimate of drug-likeness (QED) is 0.606. The van der Waals surface area contributed by atoms with Gasteiger partial charge in [0.1, 0.15) is 0 Å². The Morgan fingerprint density at radius 1 is 1.17 bits per heavy atom. The third-order valence-corrected chi connectivity index (χ3v) is 2.95. The lowest BCUT2D eigenvalue weighted by Gasteiger charge is -2.12. The van der Waals surface area contributed by atoms with Crippen LogP contribution in [0.4, 0.5) is 0 Å². The highest BCUT2D eigenvalue weighted by Crippen LogP contribution is 2.49. The van der Waals surface area contributed by atoms with Gasteiger partial charge in [-0.05, 0) is 20.3 Å². The van der Waals surface area contributed by atoms with Crippen LogP contribution < -0.4 is 0 Å². The molecule has 0 saturated heterocycles. The van der Waals surface area contributed by atoms with Crippen LogP contribution in [0.1, 0.15) is 27.2 Å². The summed E-state index contributed by atoms with van der Waals surface area (Å²) in [6.07, 6.45) is 2.64. The van der Waals surface area contributed by atoms with Gasteiger partial charge in [0.25, 0.3) is 0 Å². The van der Waals surface area contributed by atoms with Gasteiger partial charge < -0.3 is 9.05 Å². The van der Waals surface area contributed by atoms with E-state index in [9.17, 15) is 4.57 Å². The van der Waals surface area contributed by atoms with E-state index in [1.165, 1.54) is 5.82 Å². The summed E-state index contributed by atoms with van der Waals surface area (Å²) in [7, 11) is -2.92. The predicted octanol–water partition coefficient (Wildman–Crippen LogP) is 3.18. The molecule has 0 aromatic carbocycles. The van der Waals surface area contributed by atoms with E-state index in [0.717, 1.165) is 6.42 Å². The molecule has 0 aromatic rings. The first-order chi connectivity index (χ1) is 5.68. The first kappa shape index (κ1) is 11.9. The maximum Gasteiger partial charge on any atom is 0.353 e. The van der Waals surface area contributed by atoms with Gasteiger partial charge in [-0.3, -0.25) is 4.57 Å². The van der Waals surface area contributed by atoms with Gasteiger partial charge in [0.2, 0.25) is 0 Å². The number of hydrogen-bond acceptors (Lipinski definition) is 3. The summed E-state index contributed by atoms with van der Waals surface area (Å²) >= 11 is 0. The van der Waals surface area contributed by atoms with E-state index >= 15 is 0 Å². The number of hydrogen-bond donors (Lipinski definition) is 0. The van der Waals surface area contributed by atoms with E-state index < -0.39 is 7.60 Å². The highest BCUT2D eigenvalue weighted by Gasteiger charge is 2.17. The molecule has 0 N–H and O–H groups in total. The SMILES string of the molecule is CC/C=C\P(=O)(OCC)OCC. The molecule has 0 radical (unpaired) electrons. The van der Waals surface area contributed by atoms with E-state index in [1.54, 1.807) is 19.9 Å². The summed E-state index contributed by atoms with van der Waals surface area (Å²) in [4.78, 5) is 0. The van der Waals surface area contributed by atoms with Crippen molar-refractivity contribution in [3.63, 3.8) is 0 Å². The minimum atomic E-state index is -2.92. The van der Waals surface area contributed by atoms with Crippen molar-refractivity contribution in [1.82, 2.24) is 0 Å². The highest BCUT2D eigenvalue weighted by atomic mass is 31.2. The Hall–Kier alpha value is -0.110. The fourth-order valence-electron chi connectivity index (χ4n) is 0.718. The molecule has 0 aliphatic rings. The summed E-state index contributed by atoms with van der Waals surface area (Å²) in [6.45, 7) is 6.38. The Labute approximate surface area is 74.3 Å². The van der Waals surface area contributed by atoms with Crippen LogP contribution in [0.5, 0.6) is 0 Å². The van der Waals surface area contributed by atoms with Gasteiger partial charge in [0.15, 0.2) is 0 Å². The zero-order chi connectivity index (χ0) is 9.45. The van der Waals surface area contributed by atoms with Crippen LogP contribution in [0.25, 0.3) is 0 Å². The molecule has 0 rings (SSSR count). The fourth-order valence-corrected chi connectivity index (χ4v) is 2.15. The van der Waals surface area contributed by atoms with Crippen molar-refractivity contribution >= 4 is 7.60 Å². The largest absolute Gasteiger partial charge is 0.353 e. The Morgan fingerprint density at radius 3 is 2.00 bits per heavy atom.